The standard InChI is InChI=1S/C22H31N5O3/c1-17(2)12-25-13-20(30-16-19-6-4-5-9-23-19)14-26(15-22(25)29)21(28)8-11-27-18(3)7-10-24-27/h4-7,9-10,17,20H,8,11-16H2,1-3H3. The van der Waals surface area contributed by atoms with Crippen LogP contribution in [-0.4, -0.2) is 68.7 Å². The van der Waals surface area contributed by atoms with Crippen molar-refractivity contribution in [3.8, 4) is 0 Å². The van der Waals surface area contributed by atoms with Gasteiger partial charge in [-0.15, -0.1) is 0 Å². The number of rotatable bonds is 8. The highest BCUT2D eigenvalue weighted by atomic mass is 16.5. The Morgan fingerprint density at radius 1 is 1.23 bits per heavy atom. The topological polar surface area (TPSA) is 80.6 Å². The Morgan fingerprint density at radius 2 is 2.07 bits per heavy atom. The van der Waals surface area contributed by atoms with Gasteiger partial charge in [0.1, 0.15) is 0 Å². The third-order valence-corrected chi connectivity index (χ3v) is 5.12. The zero-order valence-electron chi connectivity index (χ0n) is 18.0. The molecule has 8 heteroatoms. The SMILES string of the molecule is Cc1ccnn1CCC(=O)N1CC(=O)N(CC(C)C)CC(OCc2ccccn2)C1. The minimum atomic E-state index is -0.257. The molecule has 2 aromatic heterocycles. The van der Waals surface area contributed by atoms with E-state index < -0.39 is 0 Å². The Kier molecular flexibility index (Phi) is 7.57. The molecule has 3 heterocycles. The number of carbonyl (C=O) groups is 2. The molecule has 1 aliphatic heterocycles. The van der Waals surface area contributed by atoms with Crippen LogP contribution in [0.2, 0.25) is 0 Å². The van der Waals surface area contributed by atoms with Gasteiger partial charge >= 0.3 is 0 Å². The van der Waals surface area contributed by atoms with Crippen LogP contribution in [0.5, 0.6) is 0 Å². The second kappa shape index (κ2) is 10.3. The summed E-state index contributed by atoms with van der Waals surface area (Å²) in [6.07, 6.45) is 3.49. The van der Waals surface area contributed by atoms with E-state index in [2.05, 4.69) is 23.9 Å². The van der Waals surface area contributed by atoms with E-state index in [0.29, 0.717) is 45.1 Å². The molecule has 30 heavy (non-hydrogen) atoms. The molecule has 3 rings (SSSR count). The van der Waals surface area contributed by atoms with E-state index in [-0.39, 0.29) is 24.5 Å². The molecule has 1 aliphatic rings. The number of nitrogens with zero attached hydrogens (tertiary/aromatic N) is 5. The zero-order valence-corrected chi connectivity index (χ0v) is 18.0. The van der Waals surface area contributed by atoms with Crippen LogP contribution in [0.4, 0.5) is 0 Å². The molecule has 0 N–H and O–H groups in total. The van der Waals surface area contributed by atoms with Crippen molar-refractivity contribution in [2.45, 2.75) is 46.4 Å². The summed E-state index contributed by atoms with van der Waals surface area (Å²) >= 11 is 0. The quantitative estimate of drug-likeness (QED) is 0.660. The van der Waals surface area contributed by atoms with E-state index in [9.17, 15) is 9.59 Å². The highest BCUT2D eigenvalue weighted by Crippen LogP contribution is 2.14. The fourth-order valence-electron chi connectivity index (χ4n) is 3.57. The number of hydrogen-bond acceptors (Lipinski definition) is 5. The van der Waals surface area contributed by atoms with Gasteiger partial charge in [-0.05, 0) is 31.0 Å². The molecule has 0 saturated carbocycles. The van der Waals surface area contributed by atoms with Crippen molar-refractivity contribution in [1.82, 2.24) is 24.6 Å². The molecular weight excluding hydrogens is 382 g/mol. The van der Waals surface area contributed by atoms with Crippen molar-refractivity contribution in [1.29, 1.82) is 0 Å². The van der Waals surface area contributed by atoms with Gasteiger partial charge in [-0.3, -0.25) is 19.3 Å². The Hall–Kier alpha value is -2.74. The number of hydrogen-bond donors (Lipinski definition) is 0. The van der Waals surface area contributed by atoms with Crippen LogP contribution in [0.25, 0.3) is 0 Å². The fraction of sp³-hybridized carbons (Fsp3) is 0.545. The van der Waals surface area contributed by atoms with Crippen molar-refractivity contribution in [3.63, 3.8) is 0 Å². The molecule has 2 aromatic rings. The summed E-state index contributed by atoms with van der Waals surface area (Å²) in [6, 6.07) is 7.59. The lowest BCUT2D eigenvalue weighted by molar-refractivity contribution is -0.139. The molecule has 0 bridgehead atoms. The monoisotopic (exact) mass is 413 g/mol. The molecule has 0 radical (unpaired) electrons. The number of aryl methyl sites for hydroxylation is 2. The lowest BCUT2D eigenvalue weighted by Crippen LogP contribution is -2.40. The lowest BCUT2D eigenvalue weighted by Gasteiger charge is -2.25. The van der Waals surface area contributed by atoms with Gasteiger partial charge in [0.25, 0.3) is 0 Å². The van der Waals surface area contributed by atoms with Crippen molar-refractivity contribution in [2.24, 2.45) is 5.92 Å². The van der Waals surface area contributed by atoms with Crippen LogP contribution in [0, 0.1) is 12.8 Å². The van der Waals surface area contributed by atoms with Crippen LogP contribution in [0.15, 0.2) is 36.7 Å². The van der Waals surface area contributed by atoms with Crippen LogP contribution >= 0.6 is 0 Å². The van der Waals surface area contributed by atoms with E-state index >= 15 is 0 Å². The second-order valence-corrected chi connectivity index (χ2v) is 8.17. The number of ether oxygens (including phenoxy) is 1. The molecule has 162 valence electrons. The first-order valence-electron chi connectivity index (χ1n) is 10.5. The molecule has 1 fully saturated rings. The van der Waals surface area contributed by atoms with Gasteiger partial charge in [-0.1, -0.05) is 19.9 Å². The Morgan fingerprint density at radius 3 is 2.73 bits per heavy atom. The molecular formula is C22H31N5O3. The maximum absolute atomic E-state index is 12.9. The first-order chi connectivity index (χ1) is 14.4. The summed E-state index contributed by atoms with van der Waals surface area (Å²) in [5, 5.41) is 4.23. The van der Waals surface area contributed by atoms with E-state index in [1.165, 1.54) is 0 Å². The van der Waals surface area contributed by atoms with Crippen LogP contribution < -0.4 is 0 Å². The van der Waals surface area contributed by atoms with Gasteiger partial charge in [0.2, 0.25) is 11.8 Å². The second-order valence-electron chi connectivity index (χ2n) is 8.17. The van der Waals surface area contributed by atoms with E-state index in [1.54, 1.807) is 22.0 Å². The molecule has 0 aliphatic carbocycles. The molecule has 8 nitrogen and oxygen atoms in total. The largest absolute Gasteiger partial charge is 0.368 e. The van der Waals surface area contributed by atoms with Crippen LogP contribution in [0.1, 0.15) is 31.7 Å². The third kappa shape index (κ3) is 6.13. The highest BCUT2D eigenvalue weighted by Gasteiger charge is 2.31. The fourth-order valence-corrected chi connectivity index (χ4v) is 3.57. The van der Waals surface area contributed by atoms with E-state index in [1.807, 2.05) is 36.1 Å². The minimum Gasteiger partial charge on any atom is -0.368 e. The molecule has 1 atom stereocenters. The maximum atomic E-state index is 12.9. The summed E-state index contributed by atoms with van der Waals surface area (Å²) < 4.78 is 7.89. The Bertz CT molecular complexity index is 836. The predicted octanol–water partition coefficient (Wildman–Crippen LogP) is 1.89. The van der Waals surface area contributed by atoms with E-state index in [4.69, 9.17) is 4.74 Å². The Balaban J connectivity index is 1.66. The van der Waals surface area contributed by atoms with Crippen molar-refractivity contribution in [2.75, 3.05) is 26.2 Å². The van der Waals surface area contributed by atoms with Gasteiger partial charge in [0.05, 0.1) is 24.9 Å². The third-order valence-electron chi connectivity index (χ3n) is 5.12. The predicted molar refractivity (Wildman–Crippen MR) is 112 cm³/mol. The number of amides is 2. The highest BCUT2D eigenvalue weighted by molar-refractivity contribution is 5.85. The van der Waals surface area contributed by atoms with Crippen molar-refractivity contribution < 1.29 is 14.3 Å². The zero-order chi connectivity index (χ0) is 21.5. The summed E-state index contributed by atoms with van der Waals surface area (Å²) in [7, 11) is 0. The summed E-state index contributed by atoms with van der Waals surface area (Å²) in [5.74, 6) is 0.253. The molecule has 1 unspecified atom stereocenters. The first-order valence-corrected chi connectivity index (χ1v) is 10.5. The first kappa shape index (κ1) is 22.0. The van der Waals surface area contributed by atoms with Crippen molar-refractivity contribution in [3.05, 3.63) is 48.0 Å². The molecule has 1 saturated heterocycles. The van der Waals surface area contributed by atoms with Gasteiger partial charge < -0.3 is 14.5 Å². The summed E-state index contributed by atoms with van der Waals surface area (Å²) in [6.45, 7) is 8.58. The average molecular weight is 414 g/mol. The average Bonchev–Trinajstić information content (AvgIpc) is 3.06. The number of pyridine rings is 1. The minimum absolute atomic E-state index is 0.0312. The van der Waals surface area contributed by atoms with E-state index in [0.717, 1.165) is 11.4 Å². The van der Waals surface area contributed by atoms with Gasteiger partial charge in [-0.2, -0.15) is 5.10 Å². The molecule has 0 spiro atoms. The molecule has 0 aromatic carbocycles. The normalized spacial score (nSPS) is 17.5. The molecule has 2 amide bonds. The number of aromatic nitrogens is 3. The van der Waals surface area contributed by atoms with Crippen LogP contribution in [0.3, 0.4) is 0 Å². The van der Waals surface area contributed by atoms with Gasteiger partial charge in [0, 0.05) is 50.7 Å². The van der Waals surface area contributed by atoms with Gasteiger partial charge in [-0.25, -0.2) is 0 Å². The maximum Gasteiger partial charge on any atom is 0.242 e. The van der Waals surface area contributed by atoms with Crippen LogP contribution in [-0.2, 0) is 27.5 Å². The number of carbonyl (C=O) groups excluding carboxylic acids is 2. The lowest BCUT2D eigenvalue weighted by atomic mass is 10.2. The summed E-state index contributed by atoms with van der Waals surface area (Å²) in [5.41, 5.74) is 1.84. The van der Waals surface area contributed by atoms with Crippen molar-refractivity contribution >= 4 is 11.8 Å². The Labute approximate surface area is 177 Å². The smallest absolute Gasteiger partial charge is 0.242 e. The van der Waals surface area contributed by atoms with Gasteiger partial charge in [0.15, 0.2) is 0 Å². The summed E-state index contributed by atoms with van der Waals surface area (Å²) in [4.78, 5) is 33.5.